The van der Waals surface area contributed by atoms with E-state index in [0.717, 1.165) is 44.5 Å². The fraction of sp³-hybridized carbons (Fsp3) is 0.529. The molecule has 2 aliphatic heterocycles. The van der Waals surface area contributed by atoms with Gasteiger partial charge in [0.1, 0.15) is 0 Å². The molecule has 0 aliphatic carbocycles. The van der Waals surface area contributed by atoms with Crippen molar-refractivity contribution in [3.63, 3.8) is 0 Å². The molecule has 3 amide bonds. The van der Waals surface area contributed by atoms with E-state index in [-0.39, 0.29) is 18.0 Å². The Hall–Kier alpha value is -2.08. The van der Waals surface area contributed by atoms with Crippen LogP contribution in [0.15, 0.2) is 24.3 Å². The molecule has 0 spiro atoms. The third kappa shape index (κ3) is 4.22. The van der Waals surface area contributed by atoms with E-state index in [0.29, 0.717) is 18.7 Å². The van der Waals surface area contributed by atoms with Crippen molar-refractivity contribution in [3.8, 4) is 0 Å². The SMILES string of the molecule is O=C(NC[C@H]1CCCO1)Nc1cccc(N2CCCCC2=O)c1. The number of rotatable bonds is 4. The molecule has 1 aromatic carbocycles. The van der Waals surface area contributed by atoms with Crippen LogP contribution in [-0.4, -0.2) is 37.7 Å². The third-order valence-corrected chi connectivity index (χ3v) is 4.25. The van der Waals surface area contributed by atoms with E-state index < -0.39 is 0 Å². The minimum Gasteiger partial charge on any atom is -0.376 e. The van der Waals surface area contributed by atoms with Crippen molar-refractivity contribution in [2.45, 2.75) is 38.2 Å². The van der Waals surface area contributed by atoms with Gasteiger partial charge in [0.15, 0.2) is 0 Å². The molecular weight excluding hydrogens is 294 g/mol. The van der Waals surface area contributed by atoms with E-state index in [2.05, 4.69) is 10.6 Å². The molecule has 0 bridgehead atoms. The van der Waals surface area contributed by atoms with Gasteiger partial charge in [-0.15, -0.1) is 0 Å². The number of anilines is 2. The highest BCUT2D eigenvalue weighted by Gasteiger charge is 2.20. The van der Waals surface area contributed by atoms with E-state index in [9.17, 15) is 9.59 Å². The van der Waals surface area contributed by atoms with Crippen LogP contribution in [0.4, 0.5) is 16.2 Å². The highest BCUT2D eigenvalue weighted by molar-refractivity contribution is 5.95. The number of ether oxygens (including phenoxy) is 1. The van der Waals surface area contributed by atoms with Crippen LogP contribution >= 0.6 is 0 Å². The zero-order chi connectivity index (χ0) is 16.1. The van der Waals surface area contributed by atoms with Gasteiger partial charge >= 0.3 is 6.03 Å². The lowest BCUT2D eigenvalue weighted by Crippen LogP contribution is -2.36. The fourth-order valence-corrected chi connectivity index (χ4v) is 3.02. The molecule has 2 heterocycles. The first-order chi connectivity index (χ1) is 11.2. The van der Waals surface area contributed by atoms with E-state index >= 15 is 0 Å². The van der Waals surface area contributed by atoms with Crippen LogP contribution in [0.5, 0.6) is 0 Å². The Kier molecular flexibility index (Phi) is 5.12. The smallest absolute Gasteiger partial charge is 0.319 e. The van der Waals surface area contributed by atoms with Gasteiger partial charge in [0, 0.05) is 37.5 Å². The van der Waals surface area contributed by atoms with Gasteiger partial charge in [0.25, 0.3) is 0 Å². The quantitative estimate of drug-likeness (QED) is 0.896. The second kappa shape index (κ2) is 7.46. The van der Waals surface area contributed by atoms with Crippen molar-refractivity contribution in [1.82, 2.24) is 5.32 Å². The lowest BCUT2D eigenvalue weighted by molar-refractivity contribution is -0.119. The van der Waals surface area contributed by atoms with Gasteiger partial charge < -0.3 is 20.3 Å². The Morgan fingerprint density at radius 2 is 2.22 bits per heavy atom. The second-order valence-corrected chi connectivity index (χ2v) is 6.02. The summed E-state index contributed by atoms with van der Waals surface area (Å²) in [6.45, 7) is 2.05. The van der Waals surface area contributed by atoms with E-state index in [1.165, 1.54) is 0 Å². The summed E-state index contributed by atoms with van der Waals surface area (Å²) in [5, 5.41) is 5.64. The number of hydrogen-bond acceptors (Lipinski definition) is 3. The van der Waals surface area contributed by atoms with Gasteiger partial charge in [-0.1, -0.05) is 6.07 Å². The Morgan fingerprint density at radius 1 is 1.30 bits per heavy atom. The molecule has 2 fully saturated rings. The maximum absolute atomic E-state index is 12.0. The molecule has 2 saturated heterocycles. The van der Waals surface area contributed by atoms with E-state index in [1.807, 2.05) is 24.3 Å². The van der Waals surface area contributed by atoms with Gasteiger partial charge in [-0.3, -0.25) is 4.79 Å². The van der Waals surface area contributed by atoms with E-state index in [1.54, 1.807) is 4.90 Å². The molecule has 6 nitrogen and oxygen atoms in total. The first kappa shape index (κ1) is 15.8. The van der Waals surface area contributed by atoms with Crippen LogP contribution in [0, 0.1) is 0 Å². The zero-order valence-corrected chi connectivity index (χ0v) is 13.2. The van der Waals surface area contributed by atoms with Crippen LogP contribution in [0.1, 0.15) is 32.1 Å². The Balaban J connectivity index is 1.56. The monoisotopic (exact) mass is 317 g/mol. The lowest BCUT2D eigenvalue weighted by Gasteiger charge is -2.27. The van der Waals surface area contributed by atoms with Crippen molar-refractivity contribution in [3.05, 3.63) is 24.3 Å². The predicted octanol–water partition coefficient (Wildman–Crippen LogP) is 2.50. The molecule has 0 saturated carbocycles. The largest absolute Gasteiger partial charge is 0.376 e. The van der Waals surface area contributed by atoms with Crippen molar-refractivity contribution in [2.24, 2.45) is 0 Å². The minimum atomic E-state index is -0.248. The summed E-state index contributed by atoms with van der Waals surface area (Å²) in [4.78, 5) is 25.7. The standard InChI is InChI=1S/C17H23N3O3/c21-16-8-1-2-9-20(16)14-6-3-5-13(11-14)19-17(22)18-12-15-7-4-10-23-15/h3,5-6,11,15H,1-2,4,7-10,12H2,(H2,18,19,22)/t15-/m1/s1. The topological polar surface area (TPSA) is 70.7 Å². The van der Waals surface area contributed by atoms with Crippen LogP contribution < -0.4 is 15.5 Å². The lowest BCUT2D eigenvalue weighted by atomic mass is 10.1. The molecule has 2 N–H and O–H groups in total. The summed E-state index contributed by atoms with van der Waals surface area (Å²) in [6.07, 6.45) is 4.74. The number of nitrogens with one attached hydrogen (secondary N) is 2. The first-order valence-electron chi connectivity index (χ1n) is 8.29. The Bertz CT molecular complexity index is 570. The average Bonchev–Trinajstić information content (AvgIpc) is 3.07. The number of nitrogens with zero attached hydrogens (tertiary/aromatic N) is 1. The van der Waals surface area contributed by atoms with Gasteiger partial charge in [-0.25, -0.2) is 4.79 Å². The number of piperidine rings is 1. The number of urea groups is 1. The van der Waals surface area contributed by atoms with Crippen molar-refractivity contribution >= 4 is 23.3 Å². The highest BCUT2D eigenvalue weighted by atomic mass is 16.5. The van der Waals surface area contributed by atoms with Crippen LogP contribution in [-0.2, 0) is 9.53 Å². The maximum Gasteiger partial charge on any atom is 0.319 e. The van der Waals surface area contributed by atoms with Crippen molar-refractivity contribution in [1.29, 1.82) is 0 Å². The summed E-state index contributed by atoms with van der Waals surface area (Å²) in [7, 11) is 0. The highest BCUT2D eigenvalue weighted by Crippen LogP contribution is 2.23. The summed E-state index contributed by atoms with van der Waals surface area (Å²) in [5.74, 6) is 0.149. The van der Waals surface area contributed by atoms with Crippen LogP contribution in [0.3, 0.4) is 0 Å². The minimum absolute atomic E-state index is 0.123. The van der Waals surface area contributed by atoms with Gasteiger partial charge in [0.2, 0.25) is 5.91 Å². The molecule has 124 valence electrons. The first-order valence-corrected chi connectivity index (χ1v) is 8.29. The summed E-state index contributed by atoms with van der Waals surface area (Å²) < 4.78 is 5.48. The van der Waals surface area contributed by atoms with Gasteiger partial charge in [-0.05, 0) is 43.9 Å². The maximum atomic E-state index is 12.0. The number of hydrogen-bond donors (Lipinski definition) is 2. The molecule has 6 heteroatoms. The fourth-order valence-electron chi connectivity index (χ4n) is 3.02. The van der Waals surface area contributed by atoms with Crippen LogP contribution in [0.2, 0.25) is 0 Å². The molecule has 23 heavy (non-hydrogen) atoms. The normalized spacial score (nSPS) is 21.3. The molecule has 2 aliphatic rings. The number of amides is 3. The van der Waals surface area contributed by atoms with Gasteiger partial charge in [-0.2, -0.15) is 0 Å². The Labute approximate surface area is 136 Å². The molecule has 3 rings (SSSR count). The zero-order valence-electron chi connectivity index (χ0n) is 13.2. The number of carbonyl (C=O) groups excluding carboxylic acids is 2. The van der Waals surface area contributed by atoms with Crippen molar-refractivity contribution < 1.29 is 14.3 Å². The summed E-state index contributed by atoms with van der Waals surface area (Å²) >= 11 is 0. The summed E-state index contributed by atoms with van der Waals surface area (Å²) in [6, 6.07) is 7.17. The molecule has 0 unspecified atom stereocenters. The number of benzene rings is 1. The molecule has 1 atom stereocenters. The van der Waals surface area contributed by atoms with Gasteiger partial charge in [0.05, 0.1) is 6.10 Å². The van der Waals surface area contributed by atoms with Crippen molar-refractivity contribution in [2.75, 3.05) is 29.9 Å². The molecule has 1 aromatic rings. The molecular formula is C17H23N3O3. The molecule has 0 radical (unpaired) electrons. The van der Waals surface area contributed by atoms with Crippen LogP contribution in [0.25, 0.3) is 0 Å². The number of carbonyl (C=O) groups is 2. The third-order valence-electron chi connectivity index (χ3n) is 4.25. The van der Waals surface area contributed by atoms with E-state index in [4.69, 9.17) is 4.74 Å². The molecule has 0 aromatic heterocycles. The Morgan fingerprint density at radius 3 is 3.00 bits per heavy atom. The average molecular weight is 317 g/mol. The second-order valence-electron chi connectivity index (χ2n) is 6.02. The predicted molar refractivity (Wildman–Crippen MR) is 88.6 cm³/mol. The summed E-state index contributed by atoms with van der Waals surface area (Å²) in [5.41, 5.74) is 1.53.